The number of aromatic nitrogens is 2. The highest BCUT2D eigenvalue weighted by Gasteiger charge is 2.23. The molecule has 0 amide bonds. The van der Waals surface area contributed by atoms with Crippen LogP contribution in [0, 0.1) is 0 Å². The molecule has 0 saturated carbocycles. The van der Waals surface area contributed by atoms with E-state index in [0.717, 1.165) is 31.2 Å². The van der Waals surface area contributed by atoms with Crippen LogP contribution in [-0.4, -0.2) is 35.3 Å². The molecule has 17 heavy (non-hydrogen) atoms. The van der Waals surface area contributed by atoms with Crippen LogP contribution in [0.25, 0.3) is 0 Å². The molecule has 1 saturated heterocycles. The third-order valence-corrected chi connectivity index (χ3v) is 2.84. The molecule has 2 N–H and O–H groups in total. The first-order valence-electron chi connectivity index (χ1n) is 6.12. The first kappa shape index (κ1) is 12.1. The van der Waals surface area contributed by atoms with E-state index >= 15 is 0 Å². The molecule has 0 spiro atoms. The summed E-state index contributed by atoms with van der Waals surface area (Å²) in [4.78, 5) is 10.9. The van der Waals surface area contributed by atoms with E-state index in [1.54, 1.807) is 0 Å². The summed E-state index contributed by atoms with van der Waals surface area (Å²) in [5.41, 5.74) is 5.80. The van der Waals surface area contributed by atoms with Crippen LogP contribution in [0.3, 0.4) is 0 Å². The van der Waals surface area contributed by atoms with E-state index < -0.39 is 0 Å². The van der Waals surface area contributed by atoms with E-state index in [1.807, 2.05) is 13.0 Å². The van der Waals surface area contributed by atoms with E-state index in [2.05, 4.69) is 28.7 Å². The highest BCUT2D eigenvalue weighted by atomic mass is 16.5. The van der Waals surface area contributed by atoms with Crippen molar-refractivity contribution >= 4 is 11.6 Å². The minimum atomic E-state index is 0.222. The van der Waals surface area contributed by atoms with Gasteiger partial charge in [0.25, 0.3) is 0 Å². The van der Waals surface area contributed by atoms with Gasteiger partial charge in [-0.3, -0.25) is 0 Å². The molecule has 94 valence electrons. The summed E-state index contributed by atoms with van der Waals surface area (Å²) in [7, 11) is 0. The number of ether oxygens (including phenoxy) is 1. The van der Waals surface area contributed by atoms with E-state index in [4.69, 9.17) is 10.5 Å². The average molecular weight is 236 g/mol. The fourth-order valence-electron chi connectivity index (χ4n) is 2.19. The van der Waals surface area contributed by atoms with Crippen molar-refractivity contribution in [3.63, 3.8) is 0 Å². The van der Waals surface area contributed by atoms with E-state index in [-0.39, 0.29) is 12.2 Å². The number of nitrogen functional groups attached to an aromatic ring is 1. The summed E-state index contributed by atoms with van der Waals surface area (Å²) < 4.78 is 5.71. The fourth-order valence-corrected chi connectivity index (χ4v) is 2.19. The van der Waals surface area contributed by atoms with Crippen molar-refractivity contribution in [2.45, 2.75) is 39.4 Å². The number of morpholine rings is 1. The van der Waals surface area contributed by atoms with Crippen molar-refractivity contribution in [3.05, 3.63) is 11.9 Å². The van der Waals surface area contributed by atoms with E-state index in [1.165, 1.54) is 0 Å². The van der Waals surface area contributed by atoms with Crippen LogP contribution in [0.4, 0.5) is 11.6 Å². The third-order valence-electron chi connectivity index (χ3n) is 2.84. The normalized spacial score (nSPS) is 25.0. The smallest absolute Gasteiger partial charge is 0.134 e. The van der Waals surface area contributed by atoms with Gasteiger partial charge in [0.15, 0.2) is 0 Å². The molecule has 1 aliphatic heterocycles. The van der Waals surface area contributed by atoms with Gasteiger partial charge in [0.05, 0.1) is 12.2 Å². The topological polar surface area (TPSA) is 64.3 Å². The summed E-state index contributed by atoms with van der Waals surface area (Å²) in [5.74, 6) is 2.25. The van der Waals surface area contributed by atoms with E-state index in [9.17, 15) is 0 Å². The van der Waals surface area contributed by atoms with Gasteiger partial charge in [0.2, 0.25) is 0 Å². The maximum Gasteiger partial charge on any atom is 0.134 e. The third kappa shape index (κ3) is 2.85. The molecule has 2 atom stereocenters. The maximum atomic E-state index is 5.80. The van der Waals surface area contributed by atoms with E-state index in [0.29, 0.717) is 5.82 Å². The number of aryl methyl sites for hydroxylation is 1. The van der Waals surface area contributed by atoms with Gasteiger partial charge in [-0.1, -0.05) is 6.92 Å². The molecule has 1 fully saturated rings. The van der Waals surface area contributed by atoms with Crippen LogP contribution >= 0.6 is 0 Å². The summed E-state index contributed by atoms with van der Waals surface area (Å²) in [6.07, 6.45) is 1.24. The summed E-state index contributed by atoms with van der Waals surface area (Å²) in [6, 6.07) is 1.84. The van der Waals surface area contributed by atoms with Crippen LogP contribution in [0.5, 0.6) is 0 Å². The second-order valence-electron chi connectivity index (χ2n) is 4.58. The average Bonchev–Trinajstić information content (AvgIpc) is 2.26. The predicted molar refractivity (Wildman–Crippen MR) is 68.0 cm³/mol. The van der Waals surface area contributed by atoms with Crippen molar-refractivity contribution < 1.29 is 4.74 Å². The van der Waals surface area contributed by atoms with Crippen LogP contribution in [0.1, 0.15) is 26.6 Å². The Bertz CT molecular complexity index is 386. The zero-order valence-corrected chi connectivity index (χ0v) is 10.7. The van der Waals surface area contributed by atoms with Crippen molar-refractivity contribution in [2.75, 3.05) is 23.7 Å². The Morgan fingerprint density at radius 3 is 2.59 bits per heavy atom. The van der Waals surface area contributed by atoms with Crippen LogP contribution in [-0.2, 0) is 11.2 Å². The largest absolute Gasteiger partial charge is 0.384 e. The summed E-state index contributed by atoms with van der Waals surface area (Å²) in [6.45, 7) is 7.89. The van der Waals surface area contributed by atoms with Gasteiger partial charge in [-0.25, -0.2) is 9.97 Å². The fraction of sp³-hybridized carbons (Fsp3) is 0.667. The maximum absolute atomic E-state index is 5.80. The molecule has 1 aliphatic rings. The Balaban J connectivity index is 2.23. The number of nitrogens with zero attached hydrogens (tertiary/aromatic N) is 3. The van der Waals surface area contributed by atoms with Gasteiger partial charge in [-0.05, 0) is 13.8 Å². The first-order valence-corrected chi connectivity index (χ1v) is 6.12. The van der Waals surface area contributed by atoms with Crippen molar-refractivity contribution in [1.82, 2.24) is 9.97 Å². The van der Waals surface area contributed by atoms with Gasteiger partial charge in [-0.15, -0.1) is 0 Å². The number of anilines is 2. The van der Waals surface area contributed by atoms with Crippen LogP contribution < -0.4 is 10.6 Å². The molecule has 5 nitrogen and oxygen atoms in total. The number of hydrogen-bond donors (Lipinski definition) is 1. The lowest BCUT2D eigenvalue weighted by molar-refractivity contribution is -0.00547. The molecule has 1 aromatic rings. The van der Waals surface area contributed by atoms with Gasteiger partial charge in [0, 0.05) is 25.6 Å². The second-order valence-corrected chi connectivity index (χ2v) is 4.58. The van der Waals surface area contributed by atoms with Crippen molar-refractivity contribution in [3.8, 4) is 0 Å². The summed E-state index contributed by atoms with van der Waals surface area (Å²) >= 11 is 0. The molecule has 2 rings (SSSR count). The van der Waals surface area contributed by atoms with Gasteiger partial charge in [-0.2, -0.15) is 0 Å². The Morgan fingerprint density at radius 1 is 1.35 bits per heavy atom. The molecule has 5 heteroatoms. The Labute approximate surface area is 102 Å². The quantitative estimate of drug-likeness (QED) is 0.836. The zero-order valence-electron chi connectivity index (χ0n) is 10.7. The highest BCUT2D eigenvalue weighted by molar-refractivity contribution is 5.47. The number of nitrogens with two attached hydrogens (primary N) is 1. The predicted octanol–water partition coefficient (Wildman–Crippen LogP) is 1.23. The molecule has 2 heterocycles. The molecule has 0 bridgehead atoms. The molecule has 0 radical (unpaired) electrons. The van der Waals surface area contributed by atoms with Crippen molar-refractivity contribution in [1.29, 1.82) is 0 Å². The molecule has 1 aromatic heterocycles. The molecular weight excluding hydrogens is 216 g/mol. The monoisotopic (exact) mass is 236 g/mol. The standard InChI is InChI=1S/C12H20N4O/c1-4-11-14-10(13)5-12(15-11)16-6-8(2)17-9(3)7-16/h5,8-9H,4,6-7H2,1-3H3,(H2,13,14,15). The Morgan fingerprint density at radius 2 is 2.00 bits per heavy atom. The lowest BCUT2D eigenvalue weighted by atomic mass is 10.2. The van der Waals surface area contributed by atoms with Gasteiger partial charge >= 0.3 is 0 Å². The molecule has 0 aromatic carbocycles. The zero-order chi connectivity index (χ0) is 12.4. The Hall–Kier alpha value is -1.36. The minimum absolute atomic E-state index is 0.222. The SMILES string of the molecule is CCc1nc(N)cc(N2CC(C)OC(C)C2)n1. The minimum Gasteiger partial charge on any atom is -0.384 e. The highest BCUT2D eigenvalue weighted by Crippen LogP contribution is 2.20. The van der Waals surface area contributed by atoms with Crippen LogP contribution in [0.15, 0.2) is 6.07 Å². The first-order chi connectivity index (χ1) is 8.08. The Kier molecular flexibility index (Phi) is 3.47. The van der Waals surface area contributed by atoms with Crippen LogP contribution in [0.2, 0.25) is 0 Å². The summed E-state index contributed by atoms with van der Waals surface area (Å²) in [5, 5.41) is 0. The van der Waals surface area contributed by atoms with Crippen molar-refractivity contribution in [2.24, 2.45) is 0 Å². The molecular formula is C12H20N4O. The molecule has 0 aliphatic carbocycles. The number of hydrogen-bond acceptors (Lipinski definition) is 5. The second kappa shape index (κ2) is 4.87. The lowest BCUT2D eigenvalue weighted by Crippen LogP contribution is -2.46. The molecule has 2 unspecified atom stereocenters. The van der Waals surface area contributed by atoms with Gasteiger partial charge in [0.1, 0.15) is 17.5 Å². The number of rotatable bonds is 2. The lowest BCUT2D eigenvalue weighted by Gasteiger charge is -2.36. The van der Waals surface area contributed by atoms with Gasteiger partial charge < -0.3 is 15.4 Å².